The predicted octanol–water partition coefficient (Wildman–Crippen LogP) is 6.84. The Morgan fingerprint density at radius 2 is 1.06 bits per heavy atom. The summed E-state index contributed by atoms with van der Waals surface area (Å²) in [6.07, 6.45) is -4.49. The SMILES string of the molecule is O=C1c2ccc(-c3ccc(-c4ccccc4)cc3)cc2C(=O)N1c1ccc(C(F)(F)F)cc1. The molecule has 33 heavy (non-hydrogen) atoms. The Kier molecular flexibility index (Phi) is 4.86. The Balaban J connectivity index is 1.44. The van der Waals surface area contributed by atoms with Gasteiger partial charge in [0, 0.05) is 0 Å². The van der Waals surface area contributed by atoms with Crippen molar-refractivity contribution in [3.63, 3.8) is 0 Å². The first-order valence-electron chi connectivity index (χ1n) is 10.2. The van der Waals surface area contributed by atoms with Crippen molar-refractivity contribution in [3.05, 3.63) is 114 Å². The normalized spacial score (nSPS) is 13.4. The largest absolute Gasteiger partial charge is 0.416 e. The van der Waals surface area contributed by atoms with Crippen LogP contribution in [-0.4, -0.2) is 11.8 Å². The predicted molar refractivity (Wildman–Crippen MR) is 120 cm³/mol. The van der Waals surface area contributed by atoms with E-state index in [0.29, 0.717) is 0 Å². The Morgan fingerprint density at radius 1 is 0.545 bits per heavy atom. The molecule has 0 atom stereocenters. The van der Waals surface area contributed by atoms with Crippen LogP contribution in [0, 0.1) is 0 Å². The molecule has 4 aromatic carbocycles. The minimum Gasteiger partial charge on any atom is -0.268 e. The Bertz CT molecular complexity index is 1360. The molecule has 3 nitrogen and oxygen atoms in total. The van der Waals surface area contributed by atoms with E-state index in [1.807, 2.05) is 54.6 Å². The van der Waals surface area contributed by atoms with Gasteiger partial charge < -0.3 is 0 Å². The summed E-state index contributed by atoms with van der Waals surface area (Å²) < 4.78 is 38.5. The van der Waals surface area contributed by atoms with E-state index < -0.39 is 23.6 Å². The molecule has 0 bridgehead atoms. The molecule has 6 heteroatoms. The van der Waals surface area contributed by atoms with Crippen molar-refractivity contribution in [2.45, 2.75) is 6.18 Å². The zero-order valence-electron chi connectivity index (χ0n) is 17.1. The fourth-order valence-electron chi connectivity index (χ4n) is 3.94. The van der Waals surface area contributed by atoms with Crippen LogP contribution >= 0.6 is 0 Å². The van der Waals surface area contributed by atoms with Gasteiger partial charge in [0.15, 0.2) is 0 Å². The Morgan fingerprint density at radius 3 is 1.67 bits per heavy atom. The van der Waals surface area contributed by atoms with Crippen LogP contribution in [0.1, 0.15) is 26.3 Å². The van der Waals surface area contributed by atoms with Gasteiger partial charge in [0.25, 0.3) is 11.8 Å². The zero-order valence-corrected chi connectivity index (χ0v) is 17.1. The van der Waals surface area contributed by atoms with Crippen molar-refractivity contribution in [2.24, 2.45) is 0 Å². The number of hydrogen-bond donors (Lipinski definition) is 0. The lowest BCUT2D eigenvalue weighted by Crippen LogP contribution is -2.29. The number of nitrogens with zero attached hydrogens (tertiary/aromatic N) is 1. The average Bonchev–Trinajstić information content (AvgIpc) is 3.08. The third-order valence-electron chi connectivity index (χ3n) is 5.66. The van der Waals surface area contributed by atoms with Crippen LogP contribution in [0.2, 0.25) is 0 Å². The summed E-state index contributed by atoms with van der Waals surface area (Å²) in [5.41, 5.74) is 3.50. The van der Waals surface area contributed by atoms with Crippen molar-refractivity contribution in [1.82, 2.24) is 0 Å². The number of carbonyl (C=O) groups is 2. The number of carbonyl (C=O) groups excluding carboxylic acids is 2. The third kappa shape index (κ3) is 3.69. The molecule has 0 fully saturated rings. The molecule has 0 spiro atoms. The zero-order chi connectivity index (χ0) is 23.2. The number of anilines is 1. The van der Waals surface area contributed by atoms with Gasteiger partial charge in [0.05, 0.1) is 22.4 Å². The second kappa shape index (κ2) is 7.74. The molecular weight excluding hydrogens is 427 g/mol. The monoisotopic (exact) mass is 443 g/mol. The summed E-state index contributed by atoms with van der Waals surface area (Å²) in [7, 11) is 0. The molecule has 0 N–H and O–H groups in total. The molecule has 1 aliphatic heterocycles. The summed E-state index contributed by atoms with van der Waals surface area (Å²) in [6, 6.07) is 26.8. The fourth-order valence-corrected chi connectivity index (χ4v) is 3.94. The van der Waals surface area contributed by atoms with Crippen LogP contribution in [-0.2, 0) is 6.18 Å². The number of rotatable bonds is 3. The molecule has 4 aromatic rings. The minimum atomic E-state index is -4.49. The number of fused-ring (bicyclic) bond motifs is 1. The van der Waals surface area contributed by atoms with Crippen LogP contribution < -0.4 is 4.90 Å². The van der Waals surface area contributed by atoms with Crippen LogP contribution in [0.5, 0.6) is 0 Å². The standard InChI is InChI=1S/C27H16F3NO2/c28-27(29,30)21-11-13-22(14-12-21)31-25(32)23-15-10-20(16-24(23)26(31)33)19-8-6-18(7-9-19)17-4-2-1-3-5-17/h1-16H. The quantitative estimate of drug-likeness (QED) is 0.325. The first kappa shape index (κ1) is 20.7. The van der Waals surface area contributed by atoms with E-state index in [0.717, 1.165) is 51.4 Å². The number of benzene rings is 4. The molecule has 0 aliphatic carbocycles. The number of imide groups is 1. The Labute approximate surface area is 187 Å². The number of halogens is 3. The van der Waals surface area contributed by atoms with Gasteiger partial charge in [-0.1, -0.05) is 60.7 Å². The highest BCUT2D eigenvalue weighted by Crippen LogP contribution is 2.35. The topological polar surface area (TPSA) is 37.4 Å². The summed E-state index contributed by atoms with van der Waals surface area (Å²) in [4.78, 5) is 26.7. The maximum atomic E-state index is 13.0. The van der Waals surface area contributed by atoms with E-state index in [4.69, 9.17) is 0 Å². The van der Waals surface area contributed by atoms with Gasteiger partial charge in [-0.15, -0.1) is 0 Å². The lowest BCUT2D eigenvalue weighted by molar-refractivity contribution is -0.137. The summed E-state index contributed by atoms with van der Waals surface area (Å²) in [6.45, 7) is 0. The fraction of sp³-hybridized carbons (Fsp3) is 0.0370. The molecule has 5 rings (SSSR count). The number of alkyl halides is 3. The van der Waals surface area contributed by atoms with Gasteiger partial charge in [0.2, 0.25) is 0 Å². The molecule has 0 aromatic heterocycles. The molecule has 0 unspecified atom stereocenters. The van der Waals surface area contributed by atoms with Crippen molar-refractivity contribution < 1.29 is 22.8 Å². The average molecular weight is 443 g/mol. The first-order chi connectivity index (χ1) is 15.8. The van der Waals surface area contributed by atoms with Gasteiger partial charge in [0.1, 0.15) is 0 Å². The molecule has 1 aliphatic rings. The molecule has 0 saturated carbocycles. The summed E-state index contributed by atoms with van der Waals surface area (Å²) >= 11 is 0. The van der Waals surface area contributed by atoms with Gasteiger partial charge in [-0.3, -0.25) is 9.59 Å². The van der Waals surface area contributed by atoms with Gasteiger partial charge in [-0.25, -0.2) is 4.90 Å². The minimum absolute atomic E-state index is 0.1000. The highest BCUT2D eigenvalue weighted by Gasteiger charge is 2.37. The lowest BCUT2D eigenvalue weighted by Gasteiger charge is -2.15. The van der Waals surface area contributed by atoms with Crippen molar-refractivity contribution in [1.29, 1.82) is 0 Å². The number of hydrogen-bond acceptors (Lipinski definition) is 2. The van der Waals surface area contributed by atoms with Crippen LogP contribution in [0.3, 0.4) is 0 Å². The maximum absolute atomic E-state index is 13.0. The molecule has 0 saturated heterocycles. The van der Waals surface area contributed by atoms with Crippen LogP contribution in [0.15, 0.2) is 97.1 Å². The van der Waals surface area contributed by atoms with Crippen molar-refractivity contribution in [2.75, 3.05) is 4.90 Å². The third-order valence-corrected chi connectivity index (χ3v) is 5.66. The Hall–Kier alpha value is -4.19. The summed E-state index contributed by atoms with van der Waals surface area (Å²) in [5, 5.41) is 0. The van der Waals surface area contributed by atoms with E-state index in [2.05, 4.69) is 0 Å². The van der Waals surface area contributed by atoms with E-state index in [-0.39, 0.29) is 16.8 Å². The first-order valence-corrected chi connectivity index (χ1v) is 10.2. The smallest absolute Gasteiger partial charge is 0.268 e. The van der Waals surface area contributed by atoms with Crippen LogP contribution in [0.4, 0.5) is 18.9 Å². The molecule has 0 radical (unpaired) electrons. The second-order valence-corrected chi connectivity index (χ2v) is 7.69. The van der Waals surface area contributed by atoms with Crippen molar-refractivity contribution in [3.8, 4) is 22.3 Å². The molecule has 162 valence electrons. The van der Waals surface area contributed by atoms with Crippen molar-refractivity contribution >= 4 is 17.5 Å². The van der Waals surface area contributed by atoms with E-state index in [1.54, 1.807) is 18.2 Å². The molecule has 1 heterocycles. The van der Waals surface area contributed by atoms with E-state index in [1.165, 1.54) is 0 Å². The van der Waals surface area contributed by atoms with E-state index in [9.17, 15) is 22.8 Å². The highest BCUT2D eigenvalue weighted by molar-refractivity contribution is 6.34. The number of amides is 2. The maximum Gasteiger partial charge on any atom is 0.416 e. The van der Waals surface area contributed by atoms with Crippen LogP contribution in [0.25, 0.3) is 22.3 Å². The highest BCUT2D eigenvalue weighted by atomic mass is 19.4. The molecular formula is C27H16F3NO2. The van der Waals surface area contributed by atoms with Gasteiger partial charge in [-0.05, 0) is 58.7 Å². The van der Waals surface area contributed by atoms with Gasteiger partial charge >= 0.3 is 6.18 Å². The lowest BCUT2D eigenvalue weighted by atomic mass is 9.98. The van der Waals surface area contributed by atoms with Gasteiger partial charge in [-0.2, -0.15) is 13.2 Å². The summed E-state index contributed by atoms with van der Waals surface area (Å²) in [5.74, 6) is -1.11. The molecule has 2 amide bonds. The second-order valence-electron chi connectivity index (χ2n) is 7.69. The van der Waals surface area contributed by atoms with E-state index >= 15 is 0 Å².